The molecule has 0 fully saturated rings. The molecule has 0 aliphatic rings. The summed E-state index contributed by atoms with van der Waals surface area (Å²) in [7, 11) is 0. The average molecular weight is 636 g/mol. The number of furan rings is 1. The molecule has 0 aliphatic carbocycles. The highest BCUT2D eigenvalue weighted by Gasteiger charge is 2.20. The van der Waals surface area contributed by atoms with Crippen molar-refractivity contribution in [3.63, 3.8) is 0 Å². The first-order valence-corrected chi connectivity index (χ1v) is 15.8. The van der Waals surface area contributed by atoms with E-state index in [9.17, 15) is 4.11 Å². The van der Waals surface area contributed by atoms with Crippen LogP contribution in [0.15, 0.2) is 186 Å². The van der Waals surface area contributed by atoms with Gasteiger partial charge in [-0.15, -0.1) is 0 Å². The average Bonchev–Trinajstić information content (AvgIpc) is 3.69. The molecule has 0 amide bonds. The molecule has 10 aromatic rings. The molecule has 0 radical (unpaired) electrons. The van der Waals surface area contributed by atoms with Crippen molar-refractivity contribution in [1.29, 1.82) is 0 Å². The Morgan fingerprint density at radius 2 is 0.959 bits per heavy atom. The molecule has 0 atom stereocenters. The lowest BCUT2D eigenvalue weighted by Crippen LogP contribution is -1.91. The van der Waals surface area contributed by atoms with E-state index < -0.39 is 36.3 Å². The predicted molar refractivity (Wildman–Crippen MR) is 208 cm³/mol. The molecule has 0 N–H and O–H groups in total. The van der Waals surface area contributed by atoms with E-state index in [1.165, 1.54) is 0 Å². The van der Waals surface area contributed by atoms with Crippen LogP contribution < -0.4 is 0 Å². The molecule has 0 aliphatic heterocycles. The van der Waals surface area contributed by atoms with Gasteiger partial charge in [-0.3, -0.25) is 0 Å². The zero-order valence-electron chi connectivity index (χ0n) is 38.7. The zero-order valence-corrected chi connectivity index (χ0v) is 25.7. The smallest absolute Gasteiger partial charge is 0.136 e. The summed E-state index contributed by atoms with van der Waals surface area (Å²) in [6, 6.07) is 26.5. The lowest BCUT2D eigenvalue weighted by Gasteiger charge is -2.18. The second kappa shape index (κ2) is 11.1. The van der Waals surface area contributed by atoms with Crippen LogP contribution in [0.5, 0.6) is 0 Å². The van der Waals surface area contributed by atoms with Crippen molar-refractivity contribution < 1.29 is 22.2 Å². The van der Waals surface area contributed by atoms with Gasteiger partial charge in [0, 0.05) is 10.8 Å². The molecule has 228 valence electrons. The van der Waals surface area contributed by atoms with Crippen molar-refractivity contribution in [3.05, 3.63) is 182 Å². The molecule has 0 unspecified atom stereocenters. The van der Waals surface area contributed by atoms with Crippen molar-refractivity contribution in [3.8, 4) is 44.5 Å². The molecule has 1 heterocycles. The maximum Gasteiger partial charge on any atom is 0.136 e. The zero-order chi connectivity index (χ0) is 43.6. The van der Waals surface area contributed by atoms with Crippen LogP contribution in [-0.2, 0) is 0 Å². The van der Waals surface area contributed by atoms with E-state index in [0.717, 1.165) is 21.9 Å². The Kier molecular flexibility index (Phi) is 3.99. The van der Waals surface area contributed by atoms with Gasteiger partial charge in [-0.05, 0) is 101 Å². The van der Waals surface area contributed by atoms with Crippen molar-refractivity contribution in [2.75, 3.05) is 0 Å². The first-order valence-electron chi connectivity index (χ1n) is 22.3. The van der Waals surface area contributed by atoms with Gasteiger partial charge < -0.3 is 4.42 Å². The van der Waals surface area contributed by atoms with E-state index in [4.69, 9.17) is 18.1 Å². The van der Waals surface area contributed by atoms with Gasteiger partial charge in [0.1, 0.15) is 11.2 Å². The van der Waals surface area contributed by atoms with Crippen LogP contribution in [0.4, 0.5) is 0 Å². The molecule has 49 heavy (non-hydrogen) atoms. The van der Waals surface area contributed by atoms with E-state index in [1.54, 1.807) is 36.4 Å². The van der Waals surface area contributed by atoms with Gasteiger partial charge in [0.05, 0.1) is 17.8 Å². The molecular weight excluding hydrogens is 593 g/mol. The molecule has 0 saturated heterocycles. The standard InChI is InChI=1S/C48H30O/c1-2-11-31(12-3-1)37-27-28-42-45(30-37)49-44-20-10-19-43(48(42)44)47-40-17-8-6-15-38(40)46(39-16-7-9-18-41(39)47)34-24-21-33(22-25-34)36-26-23-32-13-4-5-14-35(32)29-36/h1-30H/i4D,5D,10D,13D,14D,19D,20D,23D,26D,27D,28D,29D,30D. The summed E-state index contributed by atoms with van der Waals surface area (Å²) < 4.78 is 121. The summed E-state index contributed by atoms with van der Waals surface area (Å²) in [5, 5.41) is 2.89. The molecule has 10 rings (SSSR count). The number of hydrogen-bond acceptors (Lipinski definition) is 1. The summed E-state index contributed by atoms with van der Waals surface area (Å²) in [6.07, 6.45) is 0. The van der Waals surface area contributed by atoms with E-state index in [1.807, 2.05) is 66.7 Å². The molecule has 0 bridgehead atoms. The highest BCUT2D eigenvalue weighted by molar-refractivity contribution is 6.25. The van der Waals surface area contributed by atoms with E-state index in [0.29, 0.717) is 27.5 Å². The van der Waals surface area contributed by atoms with Crippen LogP contribution in [-0.4, -0.2) is 0 Å². The largest absolute Gasteiger partial charge is 0.456 e. The minimum absolute atomic E-state index is 0.0130. The second-order valence-corrected chi connectivity index (χ2v) is 11.8. The summed E-state index contributed by atoms with van der Waals surface area (Å²) in [6.45, 7) is 0. The molecule has 0 spiro atoms. The molecule has 1 heteroatoms. The van der Waals surface area contributed by atoms with Gasteiger partial charge in [0.25, 0.3) is 0 Å². The Balaban J connectivity index is 1.24. The van der Waals surface area contributed by atoms with Crippen LogP contribution >= 0.6 is 0 Å². The number of rotatable bonds is 4. The minimum Gasteiger partial charge on any atom is -0.456 e. The quantitative estimate of drug-likeness (QED) is 0.175. The highest BCUT2D eigenvalue weighted by Crippen LogP contribution is 2.47. The van der Waals surface area contributed by atoms with E-state index in [2.05, 4.69) is 0 Å². The van der Waals surface area contributed by atoms with Crippen molar-refractivity contribution in [2.45, 2.75) is 0 Å². The summed E-state index contributed by atoms with van der Waals surface area (Å²) >= 11 is 0. The first-order chi connectivity index (χ1) is 29.7. The highest BCUT2D eigenvalue weighted by atomic mass is 16.3. The predicted octanol–water partition coefficient (Wildman–Crippen LogP) is 13.7. The topological polar surface area (TPSA) is 13.1 Å². The molecule has 0 saturated carbocycles. The second-order valence-electron chi connectivity index (χ2n) is 11.8. The van der Waals surface area contributed by atoms with E-state index >= 15 is 0 Å². The van der Waals surface area contributed by atoms with Gasteiger partial charge >= 0.3 is 0 Å². The summed E-state index contributed by atoms with van der Waals surface area (Å²) in [4.78, 5) is 0. The number of hydrogen-bond donors (Lipinski definition) is 0. The maximum absolute atomic E-state index is 9.46. The van der Waals surface area contributed by atoms with Gasteiger partial charge in [-0.1, -0.05) is 158 Å². The number of benzene rings is 9. The van der Waals surface area contributed by atoms with Crippen LogP contribution in [0.1, 0.15) is 17.8 Å². The molecule has 1 aromatic heterocycles. The first kappa shape index (κ1) is 17.6. The van der Waals surface area contributed by atoms with Crippen LogP contribution in [0.2, 0.25) is 0 Å². The Morgan fingerprint density at radius 1 is 0.367 bits per heavy atom. The van der Waals surface area contributed by atoms with Crippen molar-refractivity contribution in [2.24, 2.45) is 0 Å². The Morgan fingerprint density at radius 3 is 1.69 bits per heavy atom. The van der Waals surface area contributed by atoms with Crippen LogP contribution in [0.3, 0.4) is 0 Å². The summed E-state index contributed by atoms with van der Waals surface area (Å²) in [5.41, 5.74) is 3.49. The van der Waals surface area contributed by atoms with Gasteiger partial charge in [0.2, 0.25) is 0 Å². The molecule has 9 aromatic carbocycles. The summed E-state index contributed by atoms with van der Waals surface area (Å²) in [5.74, 6) is 0. The maximum atomic E-state index is 9.46. The third-order valence-electron chi connectivity index (χ3n) is 9.03. The fraction of sp³-hybridized carbons (Fsp3) is 0. The van der Waals surface area contributed by atoms with Gasteiger partial charge in [-0.25, -0.2) is 0 Å². The minimum atomic E-state index is -0.532. The third-order valence-corrected chi connectivity index (χ3v) is 9.03. The lowest BCUT2D eigenvalue weighted by atomic mass is 9.84. The number of fused-ring (bicyclic) bond motifs is 6. The molecule has 1 nitrogen and oxygen atoms in total. The van der Waals surface area contributed by atoms with Crippen LogP contribution in [0.25, 0.3) is 98.8 Å². The van der Waals surface area contributed by atoms with Gasteiger partial charge in [0.15, 0.2) is 0 Å². The lowest BCUT2D eigenvalue weighted by molar-refractivity contribution is 0.669. The Bertz CT molecular complexity index is 3540. The third kappa shape index (κ3) is 4.47. The Hall–Kier alpha value is -6.44. The van der Waals surface area contributed by atoms with Crippen LogP contribution in [0, 0.1) is 0 Å². The normalized spacial score (nSPS) is 15.4. The molecular formula is C48H30O. The van der Waals surface area contributed by atoms with Crippen molar-refractivity contribution in [1.82, 2.24) is 0 Å². The SMILES string of the molecule is [2H]c1c([2H])c(-c2c3ccccc3c(-c3ccc(-c4c([2H])c([2H])c5c([2H])c([2H])c([2H])c([2H])c5c4[2H])cc3)c3ccccc23)c2c(oc3c([2H])c(-c4ccccc4)c([2H])c([2H])c32)c1[2H]. The van der Waals surface area contributed by atoms with Crippen molar-refractivity contribution >= 4 is 54.3 Å². The fourth-order valence-electron chi connectivity index (χ4n) is 6.82. The Labute approximate surface area is 302 Å². The monoisotopic (exact) mass is 635 g/mol. The fourth-order valence-corrected chi connectivity index (χ4v) is 6.82. The van der Waals surface area contributed by atoms with E-state index in [-0.39, 0.29) is 91.7 Å². The van der Waals surface area contributed by atoms with Gasteiger partial charge in [-0.2, -0.15) is 0 Å².